The topological polar surface area (TPSA) is 55.1 Å². The van der Waals surface area contributed by atoms with Crippen LogP contribution in [0.5, 0.6) is 0 Å². The first-order valence-electron chi connectivity index (χ1n) is 6.00. The smallest absolute Gasteiger partial charge is 0.289 e. The van der Waals surface area contributed by atoms with Crippen molar-refractivity contribution < 1.29 is 9.32 Å². The summed E-state index contributed by atoms with van der Waals surface area (Å²) in [6, 6.07) is 1.66. The van der Waals surface area contributed by atoms with Crippen molar-refractivity contribution in [2.24, 2.45) is 5.92 Å². The van der Waals surface area contributed by atoms with Gasteiger partial charge in [-0.1, -0.05) is 27.5 Å². The Bertz CT molecular complexity index is 392. The van der Waals surface area contributed by atoms with Gasteiger partial charge < -0.3 is 9.84 Å². The number of hydrogen-bond acceptors (Lipinski definition) is 3. The number of carbonyl (C=O) groups is 1. The number of aromatic nitrogens is 1. The number of rotatable bonds is 3. The zero-order valence-corrected chi connectivity index (χ0v) is 11.5. The van der Waals surface area contributed by atoms with E-state index in [9.17, 15) is 4.79 Å². The Kier molecular flexibility index (Phi) is 4.20. The molecular weight excluding hydrogens is 284 g/mol. The van der Waals surface area contributed by atoms with Crippen molar-refractivity contribution in [3.63, 3.8) is 0 Å². The third kappa shape index (κ3) is 3.56. The number of nitrogens with zero attached hydrogens (tertiary/aromatic N) is 1. The summed E-state index contributed by atoms with van der Waals surface area (Å²) in [7, 11) is 0. The van der Waals surface area contributed by atoms with E-state index in [1.807, 2.05) is 0 Å². The van der Waals surface area contributed by atoms with Gasteiger partial charge in [-0.3, -0.25) is 4.79 Å². The van der Waals surface area contributed by atoms with E-state index < -0.39 is 0 Å². The minimum atomic E-state index is -0.165. The Morgan fingerprint density at radius 1 is 1.65 bits per heavy atom. The second-order valence-electron chi connectivity index (χ2n) is 4.67. The fourth-order valence-corrected chi connectivity index (χ4v) is 3.06. The summed E-state index contributed by atoms with van der Waals surface area (Å²) >= 11 is 3.64. The lowest BCUT2D eigenvalue weighted by Gasteiger charge is -2.25. The van der Waals surface area contributed by atoms with Gasteiger partial charge in [0, 0.05) is 17.4 Å². The van der Waals surface area contributed by atoms with Gasteiger partial charge in [-0.15, -0.1) is 0 Å². The van der Waals surface area contributed by atoms with E-state index in [0.29, 0.717) is 16.5 Å². The number of alkyl halides is 1. The summed E-state index contributed by atoms with van der Waals surface area (Å²) < 4.78 is 4.92. The number of nitrogens with one attached hydrogen (secondary N) is 1. The molecule has 1 amide bonds. The van der Waals surface area contributed by atoms with Crippen LogP contribution in [0.25, 0.3) is 0 Å². The molecule has 1 saturated carbocycles. The number of aryl methyl sites for hydroxylation is 1. The van der Waals surface area contributed by atoms with Crippen LogP contribution in [0.15, 0.2) is 10.6 Å². The Balaban J connectivity index is 1.80. The minimum Gasteiger partial charge on any atom is -0.351 e. The number of carbonyl (C=O) groups excluding carboxylic acids is 1. The van der Waals surface area contributed by atoms with Crippen LogP contribution in [0.2, 0.25) is 0 Å². The molecule has 1 aliphatic carbocycles. The molecule has 0 aromatic carbocycles. The highest BCUT2D eigenvalue weighted by Crippen LogP contribution is 2.28. The van der Waals surface area contributed by atoms with Crippen molar-refractivity contribution in [1.29, 1.82) is 0 Å². The molecule has 2 unspecified atom stereocenters. The highest BCUT2D eigenvalue weighted by molar-refractivity contribution is 9.09. The van der Waals surface area contributed by atoms with Crippen LogP contribution in [-0.2, 0) is 0 Å². The maximum absolute atomic E-state index is 11.7. The fraction of sp³-hybridized carbons (Fsp3) is 0.667. The molecule has 1 aliphatic rings. The zero-order valence-electron chi connectivity index (χ0n) is 9.91. The third-order valence-corrected chi connectivity index (χ3v) is 3.95. The van der Waals surface area contributed by atoms with Crippen molar-refractivity contribution in [3.05, 3.63) is 17.5 Å². The summed E-state index contributed by atoms with van der Waals surface area (Å²) in [5.41, 5.74) is 0.730. The molecule has 1 aromatic heterocycles. The quantitative estimate of drug-likeness (QED) is 0.873. The molecule has 0 saturated heterocycles. The summed E-state index contributed by atoms with van der Waals surface area (Å²) in [6.07, 6.45) is 4.80. The average Bonchev–Trinajstić information content (AvgIpc) is 2.73. The molecule has 2 rings (SSSR count). The van der Waals surface area contributed by atoms with Gasteiger partial charge in [0.2, 0.25) is 5.76 Å². The second kappa shape index (κ2) is 5.67. The Labute approximate surface area is 109 Å². The molecule has 0 aliphatic heterocycles. The molecule has 4 nitrogen and oxygen atoms in total. The molecule has 1 heterocycles. The van der Waals surface area contributed by atoms with E-state index in [4.69, 9.17) is 4.52 Å². The van der Waals surface area contributed by atoms with Crippen molar-refractivity contribution in [2.75, 3.05) is 6.54 Å². The van der Waals surface area contributed by atoms with Crippen LogP contribution in [0.3, 0.4) is 0 Å². The normalized spacial score (nSPS) is 24.6. The van der Waals surface area contributed by atoms with Crippen LogP contribution in [0, 0.1) is 12.8 Å². The predicted octanol–water partition coefficient (Wildman–Crippen LogP) is 2.67. The average molecular weight is 301 g/mol. The molecule has 0 radical (unpaired) electrons. The van der Waals surface area contributed by atoms with Gasteiger partial charge in [-0.25, -0.2) is 0 Å². The minimum absolute atomic E-state index is 0.165. The lowest BCUT2D eigenvalue weighted by atomic mass is 9.89. The first-order chi connectivity index (χ1) is 8.15. The van der Waals surface area contributed by atoms with Crippen LogP contribution in [0.4, 0.5) is 0 Å². The van der Waals surface area contributed by atoms with Crippen molar-refractivity contribution in [3.8, 4) is 0 Å². The second-order valence-corrected chi connectivity index (χ2v) is 5.97. The van der Waals surface area contributed by atoms with Crippen LogP contribution in [0.1, 0.15) is 41.9 Å². The number of halogens is 1. The fourth-order valence-electron chi connectivity index (χ4n) is 2.21. The lowest BCUT2D eigenvalue weighted by Crippen LogP contribution is -2.31. The maximum atomic E-state index is 11.7. The summed E-state index contributed by atoms with van der Waals surface area (Å²) in [5, 5.41) is 6.61. The van der Waals surface area contributed by atoms with E-state index in [2.05, 4.69) is 26.4 Å². The van der Waals surface area contributed by atoms with Gasteiger partial charge >= 0.3 is 0 Å². The molecule has 94 valence electrons. The van der Waals surface area contributed by atoms with Crippen molar-refractivity contribution in [1.82, 2.24) is 10.5 Å². The van der Waals surface area contributed by atoms with E-state index in [1.54, 1.807) is 13.0 Å². The Morgan fingerprint density at radius 2 is 2.47 bits per heavy atom. The molecule has 17 heavy (non-hydrogen) atoms. The lowest BCUT2D eigenvalue weighted by molar-refractivity contribution is 0.0907. The summed E-state index contributed by atoms with van der Waals surface area (Å²) in [5.74, 6) is 0.706. The molecule has 0 bridgehead atoms. The largest absolute Gasteiger partial charge is 0.351 e. The van der Waals surface area contributed by atoms with Crippen molar-refractivity contribution in [2.45, 2.75) is 37.4 Å². The molecule has 1 aromatic rings. The first-order valence-corrected chi connectivity index (χ1v) is 6.92. The highest BCUT2D eigenvalue weighted by Gasteiger charge is 2.21. The monoisotopic (exact) mass is 300 g/mol. The molecular formula is C12H17BrN2O2. The SMILES string of the molecule is Cc1cc(C(=O)NCC2CCCC(Br)C2)on1. The standard InChI is InChI=1S/C12H17BrN2O2/c1-8-5-11(17-15-8)12(16)14-7-9-3-2-4-10(13)6-9/h5,9-10H,2-4,6-7H2,1H3,(H,14,16). The summed E-state index contributed by atoms with van der Waals surface area (Å²) in [6.45, 7) is 2.53. The zero-order chi connectivity index (χ0) is 12.3. The number of hydrogen-bond donors (Lipinski definition) is 1. The number of amides is 1. The van der Waals surface area contributed by atoms with E-state index in [0.717, 1.165) is 18.7 Å². The van der Waals surface area contributed by atoms with Gasteiger partial charge in [-0.05, 0) is 32.1 Å². The van der Waals surface area contributed by atoms with Gasteiger partial charge in [0.05, 0.1) is 5.69 Å². The van der Waals surface area contributed by atoms with Gasteiger partial charge in [0.25, 0.3) is 5.91 Å². The van der Waals surface area contributed by atoms with Gasteiger partial charge in [0.15, 0.2) is 0 Å². The maximum Gasteiger partial charge on any atom is 0.289 e. The van der Waals surface area contributed by atoms with Gasteiger partial charge in [0.1, 0.15) is 0 Å². The van der Waals surface area contributed by atoms with E-state index >= 15 is 0 Å². The molecule has 1 fully saturated rings. The first kappa shape index (κ1) is 12.6. The van der Waals surface area contributed by atoms with E-state index in [-0.39, 0.29) is 5.91 Å². The Morgan fingerprint density at radius 3 is 3.12 bits per heavy atom. The molecule has 2 atom stereocenters. The predicted molar refractivity (Wildman–Crippen MR) is 68.2 cm³/mol. The Hall–Kier alpha value is -0.840. The van der Waals surface area contributed by atoms with Gasteiger partial charge in [-0.2, -0.15) is 0 Å². The summed E-state index contributed by atoms with van der Waals surface area (Å²) in [4.78, 5) is 12.3. The highest BCUT2D eigenvalue weighted by atomic mass is 79.9. The van der Waals surface area contributed by atoms with Crippen LogP contribution >= 0.6 is 15.9 Å². The van der Waals surface area contributed by atoms with Crippen LogP contribution < -0.4 is 5.32 Å². The molecule has 1 N–H and O–H groups in total. The molecule has 5 heteroatoms. The van der Waals surface area contributed by atoms with Crippen molar-refractivity contribution >= 4 is 21.8 Å². The van der Waals surface area contributed by atoms with E-state index in [1.165, 1.54) is 19.3 Å². The third-order valence-electron chi connectivity index (χ3n) is 3.12. The van der Waals surface area contributed by atoms with Crippen LogP contribution in [-0.4, -0.2) is 22.4 Å². The molecule has 0 spiro atoms.